The van der Waals surface area contributed by atoms with Crippen molar-refractivity contribution in [2.24, 2.45) is 5.92 Å². The number of amides is 2. The molecule has 0 aromatic carbocycles. The highest BCUT2D eigenvalue weighted by molar-refractivity contribution is 6.25. The molecule has 0 aromatic heterocycles. The van der Waals surface area contributed by atoms with Crippen LogP contribution in [0.3, 0.4) is 0 Å². The van der Waals surface area contributed by atoms with E-state index in [2.05, 4.69) is 5.32 Å². The Labute approximate surface area is 131 Å². The first-order valence-corrected chi connectivity index (χ1v) is 8.36. The van der Waals surface area contributed by atoms with Gasteiger partial charge in [-0.05, 0) is 32.1 Å². The number of hydrogen-bond acceptors (Lipinski definition) is 2. The third kappa shape index (κ3) is 3.10. The van der Waals surface area contributed by atoms with Gasteiger partial charge in [0, 0.05) is 12.1 Å². The van der Waals surface area contributed by atoms with Gasteiger partial charge in [-0.2, -0.15) is 0 Å². The summed E-state index contributed by atoms with van der Waals surface area (Å²) in [5, 5.41) is 3.00. The van der Waals surface area contributed by atoms with Crippen LogP contribution in [0.4, 0.5) is 0 Å². The fraction of sp³-hybridized carbons (Fsp3) is 0.750. The predicted octanol–water partition coefficient (Wildman–Crippen LogP) is 2.81. The quantitative estimate of drug-likeness (QED) is 0.868. The standard InChI is InChI=1S/C16H25ClN2O2/c1-3-16(2)15(21)18-13(12-8-5-4-6-9-12)14(20)19(16)11-7-10-17/h7,10,12-13H,3-6,8-9,11H2,1-2H3,(H,18,21)/b10-7+. The van der Waals surface area contributed by atoms with Crippen molar-refractivity contribution in [3.63, 3.8) is 0 Å². The molecule has 2 aliphatic rings. The lowest BCUT2D eigenvalue weighted by Gasteiger charge is -2.47. The van der Waals surface area contributed by atoms with Gasteiger partial charge in [-0.25, -0.2) is 0 Å². The Kier molecular flexibility index (Phi) is 5.31. The number of halogens is 1. The van der Waals surface area contributed by atoms with Crippen molar-refractivity contribution in [3.8, 4) is 0 Å². The molecule has 1 saturated heterocycles. The van der Waals surface area contributed by atoms with E-state index in [0.717, 1.165) is 25.7 Å². The number of nitrogens with one attached hydrogen (secondary N) is 1. The lowest BCUT2D eigenvalue weighted by Crippen LogP contribution is -2.70. The molecule has 1 aliphatic carbocycles. The van der Waals surface area contributed by atoms with Crippen molar-refractivity contribution in [3.05, 3.63) is 11.6 Å². The summed E-state index contributed by atoms with van der Waals surface area (Å²) in [5.41, 5.74) is 0.629. The average molecular weight is 313 g/mol. The largest absolute Gasteiger partial charge is 0.342 e. The maximum atomic E-state index is 12.9. The first-order valence-electron chi connectivity index (χ1n) is 7.92. The highest BCUT2D eigenvalue weighted by Gasteiger charge is 2.49. The van der Waals surface area contributed by atoms with Crippen LogP contribution in [0.1, 0.15) is 52.4 Å². The van der Waals surface area contributed by atoms with Crippen LogP contribution in [0, 0.1) is 5.92 Å². The van der Waals surface area contributed by atoms with Crippen molar-refractivity contribution in [2.45, 2.75) is 64.0 Å². The summed E-state index contributed by atoms with van der Waals surface area (Å²) in [6.45, 7) is 4.16. The minimum Gasteiger partial charge on any atom is -0.342 e. The molecule has 2 unspecified atom stereocenters. The van der Waals surface area contributed by atoms with Crippen LogP contribution in [0.5, 0.6) is 0 Å². The zero-order valence-electron chi connectivity index (χ0n) is 12.9. The molecule has 4 nitrogen and oxygen atoms in total. The molecule has 2 fully saturated rings. The molecule has 118 valence electrons. The zero-order valence-corrected chi connectivity index (χ0v) is 13.7. The number of carbonyl (C=O) groups is 2. The van der Waals surface area contributed by atoms with Crippen LogP contribution in [0.25, 0.3) is 0 Å². The fourth-order valence-corrected chi connectivity index (χ4v) is 3.55. The normalized spacial score (nSPS) is 31.8. The van der Waals surface area contributed by atoms with Gasteiger partial charge in [-0.15, -0.1) is 0 Å². The van der Waals surface area contributed by atoms with Gasteiger partial charge in [0.1, 0.15) is 11.6 Å². The van der Waals surface area contributed by atoms with Crippen LogP contribution < -0.4 is 5.32 Å². The van der Waals surface area contributed by atoms with E-state index in [1.165, 1.54) is 12.0 Å². The molecule has 0 spiro atoms. The van der Waals surface area contributed by atoms with Gasteiger partial charge in [0.25, 0.3) is 0 Å². The predicted molar refractivity (Wildman–Crippen MR) is 83.9 cm³/mol. The molecule has 1 N–H and O–H groups in total. The fourth-order valence-electron chi connectivity index (χ4n) is 3.47. The molecular weight excluding hydrogens is 288 g/mol. The topological polar surface area (TPSA) is 49.4 Å². The highest BCUT2D eigenvalue weighted by Crippen LogP contribution is 2.32. The Morgan fingerprint density at radius 3 is 2.57 bits per heavy atom. The molecule has 2 rings (SSSR count). The van der Waals surface area contributed by atoms with Crippen LogP contribution in [0.15, 0.2) is 11.6 Å². The SMILES string of the molecule is CCC1(C)C(=O)NC(C2CCCCC2)C(=O)N1C/C=C/Cl. The van der Waals surface area contributed by atoms with Gasteiger partial charge in [0.15, 0.2) is 0 Å². The van der Waals surface area contributed by atoms with Gasteiger partial charge >= 0.3 is 0 Å². The van der Waals surface area contributed by atoms with Crippen LogP contribution in [-0.2, 0) is 9.59 Å². The van der Waals surface area contributed by atoms with E-state index >= 15 is 0 Å². The number of rotatable bonds is 4. The second-order valence-corrected chi connectivity index (χ2v) is 6.54. The van der Waals surface area contributed by atoms with Gasteiger partial charge in [0.2, 0.25) is 11.8 Å². The third-order valence-corrected chi connectivity index (χ3v) is 5.27. The summed E-state index contributed by atoms with van der Waals surface area (Å²) < 4.78 is 0. The van der Waals surface area contributed by atoms with E-state index in [1.807, 2.05) is 13.8 Å². The van der Waals surface area contributed by atoms with Gasteiger partial charge in [-0.1, -0.05) is 43.9 Å². The Morgan fingerprint density at radius 1 is 1.33 bits per heavy atom. The van der Waals surface area contributed by atoms with E-state index in [9.17, 15) is 9.59 Å². The van der Waals surface area contributed by atoms with E-state index < -0.39 is 5.54 Å². The molecule has 5 heteroatoms. The highest BCUT2D eigenvalue weighted by atomic mass is 35.5. The third-order valence-electron chi connectivity index (χ3n) is 5.09. The van der Waals surface area contributed by atoms with Crippen molar-refractivity contribution < 1.29 is 9.59 Å². The Bertz CT molecular complexity index is 432. The Morgan fingerprint density at radius 2 is 2.00 bits per heavy atom. The summed E-state index contributed by atoms with van der Waals surface area (Å²) >= 11 is 5.61. The maximum absolute atomic E-state index is 12.9. The lowest BCUT2D eigenvalue weighted by molar-refractivity contribution is -0.157. The van der Waals surface area contributed by atoms with Gasteiger partial charge < -0.3 is 10.2 Å². The molecule has 21 heavy (non-hydrogen) atoms. The molecule has 0 bridgehead atoms. The first-order chi connectivity index (χ1) is 10.0. The Balaban J connectivity index is 2.23. The van der Waals surface area contributed by atoms with Crippen LogP contribution in [0.2, 0.25) is 0 Å². The summed E-state index contributed by atoms with van der Waals surface area (Å²) in [6, 6.07) is -0.360. The molecule has 1 saturated carbocycles. The molecule has 2 amide bonds. The van der Waals surface area contributed by atoms with Crippen molar-refractivity contribution in [1.29, 1.82) is 0 Å². The molecule has 1 aliphatic heterocycles. The summed E-state index contributed by atoms with van der Waals surface area (Å²) in [4.78, 5) is 27.1. The van der Waals surface area contributed by atoms with Gasteiger partial charge in [0.05, 0.1) is 0 Å². The molecule has 0 aromatic rings. The molecule has 1 heterocycles. The zero-order chi connectivity index (χ0) is 15.5. The van der Waals surface area contributed by atoms with E-state index in [0.29, 0.717) is 13.0 Å². The Hall–Kier alpha value is -1.03. The monoisotopic (exact) mass is 312 g/mol. The average Bonchev–Trinajstić information content (AvgIpc) is 2.51. The van der Waals surface area contributed by atoms with Crippen molar-refractivity contribution in [1.82, 2.24) is 10.2 Å². The van der Waals surface area contributed by atoms with Crippen molar-refractivity contribution in [2.75, 3.05) is 6.54 Å². The van der Waals surface area contributed by atoms with Crippen LogP contribution >= 0.6 is 11.6 Å². The van der Waals surface area contributed by atoms with E-state index in [4.69, 9.17) is 11.6 Å². The summed E-state index contributed by atoms with van der Waals surface area (Å²) in [5.74, 6) is 0.280. The summed E-state index contributed by atoms with van der Waals surface area (Å²) in [7, 11) is 0. The summed E-state index contributed by atoms with van der Waals surface area (Å²) in [6.07, 6.45) is 7.91. The lowest BCUT2D eigenvalue weighted by atomic mass is 9.80. The minimum absolute atomic E-state index is 0.0388. The molecule has 2 atom stereocenters. The second-order valence-electron chi connectivity index (χ2n) is 6.29. The minimum atomic E-state index is -0.779. The first kappa shape index (κ1) is 16.3. The number of carbonyl (C=O) groups excluding carboxylic acids is 2. The number of nitrogens with zero attached hydrogens (tertiary/aromatic N) is 1. The maximum Gasteiger partial charge on any atom is 0.246 e. The van der Waals surface area contributed by atoms with E-state index in [-0.39, 0.29) is 23.8 Å². The molecular formula is C16H25ClN2O2. The van der Waals surface area contributed by atoms with Crippen LogP contribution in [-0.4, -0.2) is 34.8 Å². The van der Waals surface area contributed by atoms with E-state index in [1.54, 1.807) is 11.0 Å². The second kappa shape index (κ2) is 6.82. The number of hydrogen-bond donors (Lipinski definition) is 1. The van der Waals surface area contributed by atoms with Gasteiger partial charge in [-0.3, -0.25) is 9.59 Å². The smallest absolute Gasteiger partial charge is 0.246 e. The van der Waals surface area contributed by atoms with Crippen molar-refractivity contribution >= 4 is 23.4 Å². The molecule has 0 radical (unpaired) electrons. The number of piperazine rings is 1.